The average Bonchev–Trinajstić information content (AvgIpc) is 2.90. The molecule has 39 heavy (non-hydrogen) atoms. The second-order valence-electron chi connectivity index (χ2n) is 9.30. The highest BCUT2D eigenvalue weighted by atomic mass is 35.5. The van der Waals surface area contributed by atoms with Crippen molar-refractivity contribution in [3.8, 4) is 5.75 Å². The number of piperazine rings is 1. The third-order valence-electron chi connectivity index (χ3n) is 6.82. The molecular formula is C28H28ClF6N3O. The monoisotopic (exact) mass is 571 g/mol. The van der Waals surface area contributed by atoms with Crippen molar-refractivity contribution in [3.63, 3.8) is 0 Å². The number of benzene rings is 3. The lowest BCUT2D eigenvalue weighted by Gasteiger charge is -2.51. The fourth-order valence-corrected chi connectivity index (χ4v) is 5.25. The van der Waals surface area contributed by atoms with Crippen molar-refractivity contribution in [3.05, 3.63) is 95.0 Å². The number of anilines is 1. The van der Waals surface area contributed by atoms with Crippen LogP contribution in [0, 0.1) is 0 Å². The van der Waals surface area contributed by atoms with Gasteiger partial charge >= 0.3 is 12.4 Å². The maximum absolute atomic E-state index is 14.5. The minimum atomic E-state index is -4.97. The second kappa shape index (κ2) is 12.1. The molecule has 1 aliphatic rings. The number of hydrogen-bond donors (Lipinski definition) is 1. The minimum absolute atomic E-state index is 0.0938. The maximum Gasteiger partial charge on any atom is 0.410 e. The van der Waals surface area contributed by atoms with Gasteiger partial charge in [-0.3, -0.25) is 4.90 Å². The number of nitrogens with zero attached hydrogens (tertiary/aromatic N) is 2. The fourth-order valence-electron chi connectivity index (χ4n) is 5.01. The summed E-state index contributed by atoms with van der Waals surface area (Å²) in [7, 11) is 1.42. The zero-order valence-electron chi connectivity index (χ0n) is 21.0. The van der Waals surface area contributed by atoms with E-state index in [1.165, 1.54) is 36.3 Å². The number of hydrogen-bond acceptors (Lipinski definition) is 4. The Morgan fingerprint density at radius 1 is 0.846 bits per heavy atom. The smallest absolute Gasteiger partial charge is 0.410 e. The van der Waals surface area contributed by atoms with Crippen LogP contribution in [0.4, 0.5) is 32.0 Å². The van der Waals surface area contributed by atoms with Crippen molar-refractivity contribution >= 4 is 17.3 Å². The molecule has 1 heterocycles. The number of halogens is 7. The fraction of sp³-hybridized carbons (Fsp3) is 0.357. The molecule has 3 unspecified atom stereocenters. The summed E-state index contributed by atoms with van der Waals surface area (Å²) in [5, 5.41) is 3.03. The Balaban J connectivity index is 1.74. The molecule has 0 radical (unpaired) electrons. The summed E-state index contributed by atoms with van der Waals surface area (Å²) in [6, 6.07) is 15.6. The van der Waals surface area contributed by atoms with E-state index in [2.05, 4.69) is 5.32 Å². The molecule has 1 N–H and O–H groups in total. The van der Waals surface area contributed by atoms with Gasteiger partial charge in [0.15, 0.2) is 0 Å². The Morgan fingerprint density at radius 2 is 1.41 bits per heavy atom. The summed E-state index contributed by atoms with van der Waals surface area (Å²) in [5.74, 6) is 0.379. The third-order valence-corrected chi connectivity index (χ3v) is 7.14. The van der Waals surface area contributed by atoms with Gasteiger partial charge in [0.2, 0.25) is 0 Å². The second-order valence-corrected chi connectivity index (χ2v) is 9.71. The van der Waals surface area contributed by atoms with E-state index < -0.39 is 43.6 Å². The lowest BCUT2D eigenvalue weighted by atomic mass is 9.97. The number of alkyl halides is 6. The summed E-state index contributed by atoms with van der Waals surface area (Å²) >= 11 is 6.13. The van der Waals surface area contributed by atoms with Crippen LogP contribution in [-0.2, 0) is 6.54 Å². The standard InChI is InChI=1S/C28H28ClF6N3O/c1-39-24-14-8-5-11-20(24)23(16-36-15-19-9-3-2-4-10-19)37-17-25(27(30,31)32)38(26(18-37)28(33,34)35)22-13-7-6-12-21(22)29/h2-14,23,25-26,36H,15-18H2,1H3. The van der Waals surface area contributed by atoms with Gasteiger partial charge in [-0.2, -0.15) is 26.3 Å². The zero-order valence-corrected chi connectivity index (χ0v) is 21.8. The average molecular weight is 572 g/mol. The van der Waals surface area contributed by atoms with E-state index in [0.29, 0.717) is 22.8 Å². The Hall–Kier alpha value is -2.95. The Kier molecular flexibility index (Phi) is 8.98. The summed E-state index contributed by atoms with van der Waals surface area (Å²) in [5.41, 5.74) is 1.12. The van der Waals surface area contributed by atoms with E-state index in [4.69, 9.17) is 16.3 Å². The van der Waals surface area contributed by atoms with E-state index in [1.807, 2.05) is 30.3 Å². The summed E-state index contributed by atoms with van der Waals surface area (Å²) in [4.78, 5) is 1.63. The molecule has 3 aromatic rings. The Labute approximate surface area is 228 Å². The lowest BCUT2D eigenvalue weighted by molar-refractivity contribution is -0.193. The number of methoxy groups -OCH3 is 1. The molecule has 210 valence electrons. The van der Waals surface area contributed by atoms with Gasteiger partial charge in [0.05, 0.1) is 23.9 Å². The SMILES string of the molecule is COc1ccccc1C(CNCc1ccccc1)N1CC(C(F)(F)F)N(c2ccccc2Cl)C(C(F)(F)F)C1. The van der Waals surface area contributed by atoms with E-state index >= 15 is 0 Å². The van der Waals surface area contributed by atoms with E-state index in [9.17, 15) is 26.3 Å². The molecule has 1 fully saturated rings. The first kappa shape index (κ1) is 29.0. The van der Waals surface area contributed by atoms with Crippen LogP contribution in [-0.4, -0.2) is 56.1 Å². The van der Waals surface area contributed by atoms with Gasteiger partial charge in [-0.05, 0) is 23.8 Å². The van der Waals surface area contributed by atoms with Gasteiger partial charge in [0.25, 0.3) is 0 Å². The van der Waals surface area contributed by atoms with Crippen LogP contribution < -0.4 is 15.0 Å². The number of para-hydroxylation sites is 2. The topological polar surface area (TPSA) is 27.7 Å². The molecule has 1 saturated heterocycles. The zero-order chi connectivity index (χ0) is 28.2. The largest absolute Gasteiger partial charge is 0.496 e. The Morgan fingerprint density at radius 3 is 2.00 bits per heavy atom. The molecule has 0 spiro atoms. The van der Waals surface area contributed by atoms with Gasteiger partial charge in [-0.15, -0.1) is 0 Å². The molecule has 0 amide bonds. The van der Waals surface area contributed by atoms with Gasteiger partial charge in [0.1, 0.15) is 17.8 Å². The van der Waals surface area contributed by atoms with E-state index in [-0.39, 0.29) is 17.3 Å². The van der Waals surface area contributed by atoms with Gasteiger partial charge in [-0.1, -0.05) is 72.3 Å². The molecule has 3 aromatic carbocycles. The van der Waals surface area contributed by atoms with Gasteiger partial charge in [0, 0.05) is 31.7 Å². The number of ether oxygens (including phenoxy) is 1. The molecule has 1 aliphatic heterocycles. The van der Waals surface area contributed by atoms with Crippen LogP contribution in [0.25, 0.3) is 0 Å². The highest BCUT2D eigenvalue weighted by Crippen LogP contribution is 2.44. The lowest BCUT2D eigenvalue weighted by Crippen LogP contribution is -2.68. The number of nitrogens with one attached hydrogen (secondary N) is 1. The Bertz CT molecular complexity index is 1200. The third kappa shape index (κ3) is 6.80. The van der Waals surface area contributed by atoms with Crippen molar-refractivity contribution in [2.24, 2.45) is 0 Å². The van der Waals surface area contributed by atoms with Crippen LogP contribution in [0.3, 0.4) is 0 Å². The summed E-state index contributed by atoms with van der Waals surface area (Å²) in [6.07, 6.45) is -9.94. The molecule has 11 heteroatoms. The normalized spacial score (nSPS) is 19.6. The molecule has 0 aliphatic carbocycles. The van der Waals surface area contributed by atoms with Crippen molar-refractivity contribution in [1.82, 2.24) is 10.2 Å². The van der Waals surface area contributed by atoms with Crippen molar-refractivity contribution in [2.45, 2.75) is 37.0 Å². The molecular weight excluding hydrogens is 544 g/mol. The quantitative estimate of drug-likeness (QED) is 0.299. The summed E-state index contributed by atoms with van der Waals surface area (Å²) < 4.78 is 92.5. The van der Waals surface area contributed by atoms with Crippen molar-refractivity contribution in [1.29, 1.82) is 0 Å². The summed E-state index contributed by atoms with van der Waals surface area (Å²) in [6.45, 7) is -0.915. The first-order valence-corrected chi connectivity index (χ1v) is 12.7. The first-order chi connectivity index (χ1) is 18.5. The van der Waals surface area contributed by atoms with Crippen LogP contribution in [0.15, 0.2) is 78.9 Å². The van der Waals surface area contributed by atoms with Crippen LogP contribution in [0.2, 0.25) is 5.02 Å². The first-order valence-electron chi connectivity index (χ1n) is 12.3. The minimum Gasteiger partial charge on any atom is -0.496 e. The van der Waals surface area contributed by atoms with E-state index in [0.717, 1.165) is 5.56 Å². The van der Waals surface area contributed by atoms with Crippen molar-refractivity contribution < 1.29 is 31.1 Å². The maximum atomic E-state index is 14.5. The molecule has 0 aromatic heterocycles. The van der Waals surface area contributed by atoms with Crippen LogP contribution >= 0.6 is 11.6 Å². The van der Waals surface area contributed by atoms with Gasteiger partial charge in [-0.25, -0.2) is 0 Å². The highest BCUT2D eigenvalue weighted by Gasteiger charge is 2.57. The molecule has 0 bridgehead atoms. The van der Waals surface area contributed by atoms with Crippen LogP contribution in [0.5, 0.6) is 5.75 Å². The highest BCUT2D eigenvalue weighted by molar-refractivity contribution is 6.33. The molecule has 4 nitrogen and oxygen atoms in total. The predicted octanol–water partition coefficient (Wildman–Crippen LogP) is 6.86. The van der Waals surface area contributed by atoms with Gasteiger partial charge < -0.3 is 15.0 Å². The number of rotatable bonds is 8. The molecule has 0 saturated carbocycles. The van der Waals surface area contributed by atoms with E-state index in [1.54, 1.807) is 24.3 Å². The van der Waals surface area contributed by atoms with Crippen LogP contribution in [0.1, 0.15) is 17.2 Å². The molecule has 4 rings (SSSR count). The van der Waals surface area contributed by atoms with Crippen molar-refractivity contribution in [2.75, 3.05) is 31.6 Å². The molecule has 3 atom stereocenters. The predicted molar refractivity (Wildman–Crippen MR) is 139 cm³/mol.